The summed E-state index contributed by atoms with van der Waals surface area (Å²) in [6, 6.07) is 12.8. The van der Waals surface area contributed by atoms with E-state index in [1.165, 1.54) is 0 Å². The quantitative estimate of drug-likeness (QED) is 0.375. The number of fused-ring (bicyclic) bond motifs is 3. The highest BCUT2D eigenvalue weighted by Crippen LogP contribution is 2.31. The molecule has 0 spiro atoms. The van der Waals surface area contributed by atoms with Gasteiger partial charge in [0, 0.05) is 12.0 Å². The summed E-state index contributed by atoms with van der Waals surface area (Å²) in [5.41, 5.74) is 9.79. The maximum absolute atomic E-state index is 11.1. The molecule has 2 aromatic heterocycles. The Morgan fingerprint density at radius 3 is 2.45 bits per heavy atom. The summed E-state index contributed by atoms with van der Waals surface area (Å²) in [4.78, 5) is 20.4. The third kappa shape index (κ3) is 4.81. The van der Waals surface area contributed by atoms with Gasteiger partial charge in [0.1, 0.15) is 17.9 Å². The Kier molecular flexibility index (Phi) is 6.05. The third-order valence-electron chi connectivity index (χ3n) is 5.44. The van der Waals surface area contributed by atoms with Crippen molar-refractivity contribution in [3.05, 3.63) is 65.0 Å². The number of nitrogen functional groups attached to an aromatic ring is 1. The number of imidazole rings is 1. The van der Waals surface area contributed by atoms with Crippen LogP contribution in [0.5, 0.6) is 0 Å². The monoisotopic (exact) mass is 448 g/mol. The number of pyridine rings is 1. The molecule has 8 nitrogen and oxygen atoms in total. The highest BCUT2D eigenvalue weighted by molar-refractivity contribution is 6.06. The molecule has 2 heterocycles. The fourth-order valence-corrected chi connectivity index (χ4v) is 3.98. The number of benzene rings is 2. The van der Waals surface area contributed by atoms with Crippen LogP contribution in [0, 0.1) is 0 Å². The minimum atomic E-state index is -0.957. The van der Waals surface area contributed by atoms with Crippen LogP contribution in [0.4, 0.5) is 5.82 Å². The van der Waals surface area contributed by atoms with E-state index >= 15 is 0 Å². The van der Waals surface area contributed by atoms with E-state index in [0.29, 0.717) is 43.3 Å². The van der Waals surface area contributed by atoms with Crippen LogP contribution in [0.1, 0.15) is 48.1 Å². The Bertz CT molecular complexity index is 1320. The number of hydrogen-bond acceptors (Lipinski definition) is 6. The van der Waals surface area contributed by atoms with Crippen LogP contribution in [-0.2, 0) is 24.3 Å². The first kappa shape index (κ1) is 22.7. The van der Waals surface area contributed by atoms with Gasteiger partial charge in [0.2, 0.25) is 0 Å². The highest BCUT2D eigenvalue weighted by Gasteiger charge is 2.22. The van der Waals surface area contributed by atoms with Crippen molar-refractivity contribution in [3.63, 3.8) is 0 Å². The van der Waals surface area contributed by atoms with Crippen LogP contribution in [0.15, 0.2) is 42.5 Å². The lowest BCUT2D eigenvalue weighted by Crippen LogP contribution is -2.27. The topological polar surface area (TPSA) is 123 Å². The summed E-state index contributed by atoms with van der Waals surface area (Å²) in [6.07, 6.45) is 0.633. The molecular formula is C25H28N4O4. The average Bonchev–Trinajstić information content (AvgIpc) is 3.10. The predicted octanol–water partition coefficient (Wildman–Crippen LogP) is 3.76. The number of hydrogen-bond donors (Lipinski definition) is 3. The molecule has 0 saturated carbocycles. The predicted molar refractivity (Wildman–Crippen MR) is 127 cm³/mol. The number of ether oxygens (including phenoxy) is 1. The minimum absolute atomic E-state index is 0.261. The van der Waals surface area contributed by atoms with Gasteiger partial charge in [0.05, 0.1) is 28.7 Å². The molecule has 33 heavy (non-hydrogen) atoms. The summed E-state index contributed by atoms with van der Waals surface area (Å²) in [7, 11) is 0. The second-order valence-corrected chi connectivity index (χ2v) is 8.79. The van der Waals surface area contributed by atoms with E-state index in [0.717, 1.165) is 27.5 Å². The molecule has 172 valence electrons. The van der Waals surface area contributed by atoms with Gasteiger partial charge in [0.15, 0.2) is 5.82 Å². The zero-order valence-electron chi connectivity index (χ0n) is 19.0. The number of rotatable bonds is 8. The molecule has 0 fully saturated rings. The van der Waals surface area contributed by atoms with Crippen molar-refractivity contribution in [3.8, 4) is 0 Å². The summed E-state index contributed by atoms with van der Waals surface area (Å²) >= 11 is 0. The number of carboxylic acid groups (broad SMARTS) is 1. The van der Waals surface area contributed by atoms with E-state index in [2.05, 4.69) is 9.97 Å². The van der Waals surface area contributed by atoms with Crippen molar-refractivity contribution in [1.82, 2.24) is 14.5 Å². The van der Waals surface area contributed by atoms with Gasteiger partial charge in [-0.05, 0) is 56.5 Å². The molecule has 0 radical (unpaired) electrons. The molecule has 0 aliphatic rings. The largest absolute Gasteiger partial charge is 0.478 e. The fourth-order valence-electron chi connectivity index (χ4n) is 3.98. The average molecular weight is 449 g/mol. The summed E-state index contributed by atoms with van der Waals surface area (Å²) in [6.45, 7) is 6.63. The maximum atomic E-state index is 11.1. The Hall–Kier alpha value is -3.49. The first-order chi connectivity index (χ1) is 15.7. The first-order valence-corrected chi connectivity index (χ1v) is 10.9. The van der Waals surface area contributed by atoms with Gasteiger partial charge in [0.25, 0.3) is 0 Å². The van der Waals surface area contributed by atoms with Gasteiger partial charge in [-0.1, -0.05) is 24.3 Å². The minimum Gasteiger partial charge on any atom is -0.478 e. The van der Waals surface area contributed by atoms with Crippen LogP contribution in [0.25, 0.3) is 21.9 Å². The fraction of sp³-hybridized carbons (Fsp3) is 0.320. The number of aliphatic hydroxyl groups is 1. The number of aromatic nitrogens is 3. The smallest absolute Gasteiger partial charge is 0.335 e. The Labute approximate surface area is 191 Å². The van der Waals surface area contributed by atoms with Gasteiger partial charge in [-0.15, -0.1) is 0 Å². The van der Waals surface area contributed by atoms with Crippen LogP contribution >= 0.6 is 0 Å². The van der Waals surface area contributed by atoms with Gasteiger partial charge in [-0.25, -0.2) is 14.8 Å². The molecule has 0 saturated heterocycles. The van der Waals surface area contributed by atoms with Gasteiger partial charge in [-0.2, -0.15) is 0 Å². The van der Waals surface area contributed by atoms with E-state index in [9.17, 15) is 9.90 Å². The van der Waals surface area contributed by atoms with Crippen molar-refractivity contribution in [2.45, 2.75) is 45.9 Å². The second-order valence-electron chi connectivity index (χ2n) is 8.79. The van der Waals surface area contributed by atoms with E-state index < -0.39 is 11.6 Å². The SMILES string of the molecule is CCOCc1nc2c(N)nc3cc(Cc4ccc(C(=O)O)cc4)ccc3c2n1CC(C)(C)O. The van der Waals surface area contributed by atoms with Crippen molar-refractivity contribution >= 4 is 33.7 Å². The molecule has 0 atom stereocenters. The highest BCUT2D eigenvalue weighted by atomic mass is 16.5. The van der Waals surface area contributed by atoms with Gasteiger partial charge >= 0.3 is 5.97 Å². The number of anilines is 1. The maximum Gasteiger partial charge on any atom is 0.335 e. The molecule has 0 aliphatic heterocycles. The van der Waals surface area contributed by atoms with Crippen LogP contribution in [-0.4, -0.2) is 42.9 Å². The summed E-state index contributed by atoms with van der Waals surface area (Å²) in [5, 5.41) is 20.5. The van der Waals surface area contributed by atoms with Crippen molar-refractivity contribution in [1.29, 1.82) is 0 Å². The lowest BCUT2D eigenvalue weighted by Gasteiger charge is -2.20. The van der Waals surface area contributed by atoms with Crippen molar-refractivity contribution < 1.29 is 19.7 Å². The second kappa shape index (κ2) is 8.80. The number of carboxylic acids is 1. The van der Waals surface area contributed by atoms with Crippen molar-refractivity contribution in [2.75, 3.05) is 12.3 Å². The van der Waals surface area contributed by atoms with E-state index in [1.54, 1.807) is 26.0 Å². The molecule has 8 heteroatoms. The number of carbonyl (C=O) groups is 1. The summed E-state index contributed by atoms with van der Waals surface area (Å²) in [5.74, 6) is 0.0765. The molecule has 0 amide bonds. The van der Waals surface area contributed by atoms with E-state index in [1.807, 2.05) is 41.8 Å². The Balaban J connectivity index is 1.79. The molecule has 2 aromatic carbocycles. The lowest BCUT2D eigenvalue weighted by molar-refractivity contribution is 0.0582. The molecule has 0 bridgehead atoms. The number of nitrogens with zero attached hydrogens (tertiary/aromatic N) is 3. The molecular weight excluding hydrogens is 420 g/mol. The normalized spacial score (nSPS) is 12.0. The summed E-state index contributed by atoms with van der Waals surface area (Å²) < 4.78 is 7.57. The number of aromatic carboxylic acids is 1. The van der Waals surface area contributed by atoms with E-state index in [4.69, 9.17) is 15.6 Å². The Morgan fingerprint density at radius 1 is 1.12 bits per heavy atom. The third-order valence-corrected chi connectivity index (χ3v) is 5.44. The van der Waals surface area contributed by atoms with E-state index in [-0.39, 0.29) is 5.56 Å². The van der Waals surface area contributed by atoms with Crippen LogP contribution in [0.3, 0.4) is 0 Å². The zero-order valence-corrected chi connectivity index (χ0v) is 19.0. The van der Waals surface area contributed by atoms with Crippen LogP contribution in [0.2, 0.25) is 0 Å². The van der Waals surface area contributed by atoms with Crippen LogP contribution < -0.4 is 5.73 Å². The molecule has 4 aromatic rings. The molecule has 4 rings (SSSR count). The van der Waals surface area contributed by atoms with Gasteiger partial charge < -0.3 is 25.3 Å². The lowest BCUT2D eigenvalue weighted by atomic mass is 10.0. The first-order valence-electron chi connectivity index (χ1n) is 10.9. The van der Waals surface area contributed by atoms with Gasteiger partial charge in [-0.3, -0.25) is 0 Å². The standard InChI is InChI=1S/C25H28N4O4/c1-4-33-13-20-28-21-22(29(20)14-25(2,3)32)18-10-7-16(12-19(18)27-23(21)26)11-15-5-8-17(9-6-15)24(30)31/h5-10,12,32H,4,11,13-14H2,1-3H3,(H2,26,27)(H,30,31). The Morgan fingerprint density at radius 2 is 1.82 bits per heavy atom. The van der Waals surface area contributed by atoms with Crippen molar-refractivity contribution in [2.24, 2.45) is 0 Å². The molecule has 0 aliphatic carbocycles. The molecule has 4 N–H and O–H groups in total. The zero-order chi connectivity index (χ0) is 23.8. The number of nitrogens with two attached hydrogens (primary N) is 1. The molecule has 0 unspecified atom stereocenters.